The van der Waals surface area contributed by atoms with Gasteiger partial charge in [0.15, 0.2) is 0 Å². The molecule has 2 N–H and O–H groups in total. The normalized spacial score (nSPS) is 19.8. The van der Waals surface area contributed by atoms with Gasteiger partial charge in [-0.15, -0.1) is 0 Å². The maximum Gasteiger partial charge on any atom is 0.127 e. The summed E-state index contributed by atoms with van der Waals surface area (Å²) in [4.78, 5) is 0. The van der Waals surface area contributed by atoms with Gasteiger partial charge in [-0.25, -0.2) is 0 Å². The molecular formula is C17H27NO3. The van der Waals surface area contributed by atoms with Gasteiger partial charge in [0.2, 0.25) is 0 Å². The molecule has 1 aliphatic rings. The molecule has 0 fully saturated rings. The second-order valence-electron chi connectivity index (χ2n) is 5.98. The summed E-state index contributed by atoms with van der Waals surface area (Å²) in [5.41, 5.74) is 2.47. The topological polar surface area (TPSA) is 50.7 Å². The number of hydrogen-bond acceptors (Lipinski definition) is 4. The van der Waals surface area contributed by atoms with Gasteiger partial charge < -0.3 is 19.9 Å². The number of hydrogen-bond donors (Lipinski definition) is 2. The number of para-hydroxylation sites is 1. The minimum atomic E-state index is -0.476. The predicted octanol–water partition coefficient (Wildman–Crippen LogP) is 2.62. The Morgan fingerprint density at radius 1 is 1.43 bits per heavy atom. The fourth-order valence-corrected chi connectivity index (χ4v) is 2.83. The Hall–Kier alpha value is -1.10. The summed E-state index contributed by atoms with van der Waals surface area (Å²) in [7, 11) is 1.60. The first-order valence-electron chi connectivity index (χ1n) is 7.79. The number of ether oxygens (including phenoxy) is 2. The van der Waals surface area contributed by atoms with E-state index in [1.165, 1.54) is 11.1 Å². The average Bonchev–Trinajstić information content (AvgIpc) is 2.67. The number of nitrogens with one attached hydrogen (secondary N) is 1. The van der Waals surface area contributed by atoms with Gasteiger partial charge in [0, 0.05) is 25.3 Å². The summed E-state index contributed by atoms with van der Waals surface area (Å²) < 4.78 is 11.0. The number of aliphatic hydroxyl groups excluding tert-OH is 1. The molecule has 0 saturated carbocycles. The minimum Gasteiger partial charge on any atom is -0.493 e. The number of methoxy groups -OCH3 is 1. The highest BCUT2D eigenvalue weighted by Gasteiger charge is 2.23. The van der Waals surface area contributed by atoms with E-state index in [1.807, 2.05) is 0 Å². The summed E-state index contributed by atoms with van der Waals surface area (Å²) in [5.74, 6) is 1.47. The van der Waals surface area contributed by atoms with E-state index in [-0.39, 0.29) is 6.04 Å². The molecule has 4 heteroatoms. The van der Waals surface area contributed by atoms with Crippen LogP contribution in [0.5, 0.6) is 5.75 Å². The Morgan fingerprint density at radius 2 is 2.24 bits per heavy atom. The molecule has 2 atom stereocenters. The molecule has 1 aromatic carbocycles. The van der Waals surface area contributed by atoms with E-state index in [0.29, 0.717) is 19.1 Å². The fraction of sp³-hybridized carbons (Fsp3) is 0.647. The van der Waals surface area contributed by atoms with Crippen LogP contribution in [0.4, 0.5) is 0 Å². The van der Waals surface area contributed by atoms with E-state index >= 15 is 0 Å². The highest BCUT2D eigenvalue weighted by atomic mass is 16.5. The van der Waals surface area contributed by atoms with Crippen LogP contribution in [0.1, 0.15) is 49.8 Å². The van der Waals surface area contributed by atoms with Crippen molar-refractivity contribution in [2.45, 2.75) is 44.8 Å². The lowest BCUT2D eigenvalue weighted by Gasteiger charge is -2.22. The maximum absolute atomic E-state index is 9.82. The third-order valence-electron chi connectivity index (χ3n) is 3.92. The molecule has 1 aliphatic heterocycles. The zero-order valence-electron chi connectivity index (χ0n) is 13.3. The second-order valence-corrected chi connectivity index (χ2v) is 5.98. The summed E-state index contributed by atoms with van der Waals surface area (Å²) in [6.45, 7) is 6.03. The Labute approximate surface area is 127 Å². The minimum absolute atomic E-state index is 0.229. The van der Waals surface area contributed by atoms with E-state index < -0.39 is 6.10 Å². The van der Waals surface area contributed by atoms with Crippen molar-refractivity contribution in [3.05, 3.63) is 29.3 Å². The molecule has 0 aliphatic carbocycles. The summed E-state index contributed by atoms with van der Waals surface area (Å²) in [6, 6.07) is 6.61. The second kappa shape index (κ2) is 7.78. The van der Waals surface area contributed by atoms with Crippen molar-refractivity contribution in [2.75, 3.05) is 26.9 Å². The van der Waals surface area contributed by atoms with Gasteiger partial charge in [0.1, 0.15) is 5.75 Å². The number of fused-ring (bicyclic) bond motifs is 1. The highest BCUT2D eigenvalue weighted by Crippen LogP contribution is 2.37. The molecule has 4 nitrogen and oxygen atoms in total. The van der Waals surface area contributed by atoms with Crippen molar-refractivity contribution in [1.82, 2.24) is 5.32 Å². The van der Waals surface area contributed by atoms with Crippen LogP contribution in [0.2, 0.25) is 0 Å². The quantitative estimate of drug-likeness (QED) is 0.846. The Morgan fingerprint density at radius 3 is 2.95 bits per heavy atom. The molecule has 0 radical (unpaired) electrons. The van der Waals surface area contributed by atoms with Crippen molar-refractivity contribution in [3.8, 4) is 5.75 Å². The number of rotatable bonds is 6. The molecule has 0 amide bonds. The molecule has 0 spiro atoms. The van der Waals surface area contributed by atoms with E-state index in [9.17, 15) is 5.11 Å². The van der Waals surface area contributed by atoms with Gasteiger partial charge in [-0.05, 0) is 24.3 Å². The first kappa shape index (κ1) is 16.3. The molecule has 2 rings (SSSR count). The SMILES string of the molecule is COCC(O)CNC1CCCOc2c(C(C)C)cccc21. The van der Waals surface area contributed by atoms with Gasteiger partial charge in [0.25, 0.3) is 0 Å². The molecule has 0 saturated heterocycles. The van der Waals surface area contributed by atoms with E-state index in [4.69, 9.17) is 9.47 Å². The van der Waals surface area contributed by atoms with Crippen LogP contribution >= 0.6 is 0 Å². The largest absolute Gasteiger partial charge is 0.493 e. The molecule has 118 valence electrons. The van der Waals surface area contributed by atoms with Gasteiger partial charge in [-0.3, -0.25) is 0 Å². The van der Waals surface area contributed by atoms with Crippen LogP contribution in [0, 0.1) is 0 Å². The van der Waals surface area contributed by atoms with Crippen LogP contribution in [-0.4, -0.2) is 38.1 Å². The molecule has 0 aromatic heterocycles. The van der Waals surface area contributed by atoms with Crippen LogP contribution in [0.15, 0.2) is 18.2 Å². The van der Waals surface area contributed by atoms with Gasteiger partial charge in [-0.1, -0.05) is 32.0 Å². The Kier molecular flexibility index (Phi) is 6.03. The Balaban J connectivity index is 2.16. The van der Waals surface area contributed by atoms with Crippen molar-refractivity contribution < 1.29 is 14.6 Å². The lowest BCUT2D eigenvalue weighted by atomic mass is 9.94. The predicted molar refractivity (Wildman–Crippen MR) is 83.9 cm³/mol. The van der Waals surface area contributed by atoms with E-state index in [0.717, 1.165) is 25.2 Å². The monoisotopic (exact) mass is 293 g/mol. The molecule has 2 unspecified atom stereocenters. The molecule has 1 aromatic rings. The zero-order valence-corrected chi connectivity index (χ0v) is 13.3. The van der Waals surface area contributed by atoms with Gasteiger partial charge >= 0.3 is 0 Å². The fourth-order valence-electron chi connectivity index (χ4n) is 2.83. The maximum atomic E-state index is 9.82. The molecule has 0 bridgehead atoms. The van der Waals surface area contributed by atoms with Crippen molar-refractivity contribution in [2.24, 2.45) is 0 Å². The standard InChI is InChI=1S/C17H27NO3/c1-12(2)14-6-4-7-15-16(8-5-9-21-17(14)15)18-10-13(19)11-20-3/h4,6-7,12-13,16,18-19H,5,8-11H2,1-3H3. The van der Waals surface area contributed by atoms with Crippen molar-refractivity contribution >= 4 is 0 Å². The third kappa shape index (κ3) is 4.19. The van der Waals surface area contributed by atoms with Crippen molar-refractivity contribution in [1.29, 1.82) is 0 Å². The molecule has 21 heavy (non-hydrogen) atoms. The molecule has 1 heterocycles. The summed E-state index contributed by atoms with van der Waals surface area (Å²) >= 11 is 0. The number of aliphatic hydroxyl groups is 1. The molecular weight excluding hydrogens is 266 g/mol. The smallest absolute Gasteiger partial charge is 0.127 e. The Bertz CT molecular complexity index is 448. The van der Waals surface area contributed by atoms with Crippen LogP contribution < -0.4 is 10.1 Å². The first-order chi connectivity index (χ1) is 10.1. The lowest BCUT2D eigenvalue weighted by Crippen LogP contribution is -2.32. The van der Waals surface area contributed by atoms with E-state index in [1.54, 1.807) is 7.11 Å². The van der Waals surface area contributed by atoms with Crippen LogP contribution in [0.25, 0.3) is 0 Å². The van der Waals surface area contributed by atoms with Gasteiger partial charge in [0.05, 0.1) is 19.3 Å². The van der Waals surface area contributed by atoms with Crippen molar-refractivity contribution in [3.63, 3.8) is 0 Å². The zero-order chi connectivity index (χ0) is 15.2. The van der Waals surface area contributed by atoms with E-state index in [2.05, 4.69) is 37.4 Å². The van der Waals surface area contributed by atoms with Crippen LogP contribution in [0.3, 0.4) is 0 Å². The number of benzene rings is 1. The van der Waals surface area contributed by atoms with Gasteiger partial charge in [-0.2, -0.15) is 0 Å². The average molecular weight is 293 g/mol. The lowest BCUT2D eigenvalue weighted by molar-refractivity contribution is 0.0625. The van der Waals surface area contributed by atoms with Crippen LogP contribution in [-0.2, 0) is 4.74 Å². The summed E-state index contributed by atoms with van der Waals surface area (Å²) in [6.07, 6.45) is 1.56. The summed E-state index contributed by atoms with van der Waals surface area (Å²) in [5, 5.41) is 13.3. The highest BCUT2D eigenvalue weighted by molar-refractivity contribution is 5.45. The first-order valence-corrected chi connectivity index (χ1v) is 7.79. The third-order valence-corrected chi connectivity index (χ3v) is 3.92.